The minimum atomic E-state index is -0.669. The van der Waals surface area contributed by atoms with Gasteiger partial charge in [-0.1, -0.05) is 53.2 Å². The van der Waals surface area contributed by atoms with Gasteiger partial charge in [0.25, 0.3) is 0 Å². The van der Waals surface area contributed by atoms with Crippen LogP contribution in [-0.2, 0) is 9.59 Å². The summed E-state index contributed by atoms with van der Waals surface area (Å²) in [4.78, 5) is 25.1. The van der Waals surface area contributed by atoms with Crippen LogP contribution in [0.25, 0.3) is 0 Å². The average molecular weight is 471 g/mol. The highest BCUT2D eigenvalue weighted by Crippen LogP contribution is 2.75. The zero-order chi connectivity index (χ0) is 24.9. The number of rotatable bonds is 2. The van der Waals surface area contributed by atoms with Gasteiger partial charge in [-0.15, -0.1) is 0 Å². The van der Waals surface area contributed by atoms with E-state index in [9.17, 15) is 19.8 Å². The number of aldehydes is 1. The Morgan fingerprint density at radius 2 is 1.62 bits per heavy atom. The number of hydrogen-bond donors (Lipinski definition) is 2. The summed E-state index contributed by atoms with van der Waals surface area (Å²) in [5.41, 5.74) is 0.446. The van der Waals surface area contributed by atoms with Gasteiger partial charge in [0.1, 0.15) is 6.29 Å². The lowest BCUT2D eigenvalue weighted by atomic mass is 9.33. The van der Waals surface area contributed by atoms with Gasteiger partial charge in [-0.05, 0) is 104 Å². The van der Waals surface area contributed by atoms with Crippen LogP contribution < -0.4 is 0 Å². The summed E-state index contributed by atoms with van der Waals surface area (Å²) in [5, 5.41) is 21.3. The minimum absolute atomic E-state index is 0.00538. The van der Waals surface area contributed by atoms with Crippen molar-refractivity contribution >= 4 is 12.3 Å². The number of hydrogen-bond acceptors (Lipinski definition) is 3. The smallest absolute Gasteiger partial charge is 0.310 e. The highest BCUT2D eigenvalue weighted by molar-refractivity contribution is 5.76. The zero-order valence-electron chi connectivity index (χ0n) is 22.2. The van der Waals surface area contributed by atoms with Crippen molar-refractivity contribution in [2.24, 2.45) is 50.2 Å². The predicted octanol–water partition coefficient (Wildman–Crippen LogP) is 6.41. The maximum absolute atomic E-state index is 12.8. The summed E-state index contributed by atoms with van der Waals surface area (Å²) < 4.78 is 0. The maximum Gasteiger partial charge on any atom is 0.310 e. The fraction of sp³-hybridized carbons (Fsp3) is 0.867. The predicted molar refractivity (Wildman–Crippen MR) is 133 cm³/mol. The van der Waals surface area contributed by atoms with E-state index in [1.165, 1.54) is 5.57 Å². The summed E-state index contributed by atoms with van der Waals surface area (Å²) in [5.74, 6) is 0.201. The number of carboxylic acids is 1. The van der Waals surface area contributed by atoms with Crippen molar-refractivity contribution in [2.45, 2.75) is 112 Å². The van der Waals surface area contributed by atoms with Crippen molar-refractivity contribution in [1.82, 2.24) is 0 Å². The van der Waals surface area contributed by atoms with Gasteiger partial charge < -0.3 is 15.0 Å². The van der Waals surface area contributed by atoms with Gasteiger partial charge in [0.15, 0.2) is 0 Å². The number of aliphatic carboxylic acids is 1. The maximum atomic E-state index is 12.8. The zero-order valence-corrected chi connectivity index (χ0v) is 22.2. The summed E-state index contributed by atoms with van der Waals surface area (Å²) in [7, 11) is 0. The van der Waals surface area contributed by atoms with Crippen LogP contribution in [0, 0.1) is 50.2 Å². The first-order valence-corrected chi connectivity index (χ1v) is 13.8. The average Bonchev–Trinajstić information content (AvgIpc) is 2.76. The lowest BCUT2D eigenvalue weighted by Gasteiger charge is -2.70. The van der Waals surface area contributed by atoms with E-state index >= 15 is 0 Å². The van der Waals surface area contributed by atoms with Gasteiger partial charge in [0.05, 0.1) is 16.9 Å². The largest absolute Gasteiger partial charge is 0.481 e. The molecule has 5 rings (SSSR count). The van der Waals surface area contributed by atoms with Crippen molar-refractivity contribution in [3.8, 4) is 0 Å². The second-order valence-electron chi connectivity index (χ2n) is 14.7. The fourth-order valence-electron chi connectivity index (χ4n) is 10.5. The first-order valence-electron chi connectivity index (χ1n) is 13.8. The highest BCUT2D eigenvalue weighted by Gasteiger charge is 2.69. The Kier molecular flexibility index (Phi) is 5.20. The third kappa shape index (κ3) is 2.81. The molecule has 4 nitrogen and oxygen atoms in total. The number of aliphatic hydroxyl groups excluding tert-OH is 1. The fourth-order valence-corrected chi connectivity index (χ4v) is 10.5. The van der Waals surface area contributed by atoms with Crippen LogP contribution in [0.1, 0.15) is 106 Å². The molecule has 4 heteroatoms. The molecule has 2 N–H and O–H groups in total. The molecule has 0 aromatic heterocycles. The van der Waals surface area contributed by atoms with Crippen LogP contribution in [-0.4, -0.2) is 28.6 Å². The lowest BCUT2D eigenvalue weighted by molar-refractivity contribution is -0.204. The molecular formula is C30H46O4. The van der Waals surface area contributed by atoms with E-state index < -0.39 is 22.9 Å². The standard InChI is InChI=1S/C30H46O4/c1-25(2)13-15-30(24(33)34)16-14-28(5)19(20(30)17-25)7-8-22-26(3)11-10-23(32)27(4,18-31)21(26)9-12-29(22,28)6/h7,18,20-23,32H,8-17H2,1-6H3,(H,33,34). The Morgan fingerprint density at radius 1 is 0.941 bits per heavy atom. The van der Waals surface area contributed by atoms with Crippen molar-refractivity contribution in [3.63, 3.8) is 0 Å². The normalized spacial score (nSPS) is 53.9. The Balaban J connectivity index is 1.60. The molecule has 5 aliphatic carbocycles. The molecule has 4 saturated carbocycles. The second-order valence-corrected chi connectivity index (χ2v) is 14.7. The van der Waals surface area contributed by atoms with Crippen LogP contribution in [0.15, 0.2) is 11.6 Å². The van der Waals surface area contributed by atoms with Crippen molar-refractivity contribution in [1.29, 1.82) is 0 Å². The monoisotopic (exact) mass is 470 g/mol. The summed E-state index contributed by atoms with van der Waals surface area (Å²) in [6.07, 6.45) is 12.1. The van der Waals surface area contributed by atoms with Crippen molar-refractivity contribution in [2.75, 3.05) is 0 Å². The molecule has 0 aromatic rings. The molecule has 0 saturated heterocycles. The Morgan fingerprint density at radius 3 is 2.26 bits per heavy atom. The summed E-state index contributed by atoms with van der Waals surface area (Å²) in [6.45, 7) is 14.0. The number of allylic oxidation sites excluding steroid dienone is 2. The number of carbonyl (C=O) groups is 2. The molecule has 0 radical (unpaired) electrons. The summed E-state index contributed by atoms with van der Waals surface area (Å²) in [6, 6.07) is 0. The van der Waals surface area contributed by atoms with Crippen LogP contribution in [0.5, 0.6) is 0 Å². The van der Waals surface area contributed by atoms with E-state index in [1.54, 1.807) is 0 Å². The van der Waals surface area contributed by atoms with E-state index in [4.69, 9.17) is 0 Å². The molecule has 190 valence electrons. The molecular weight excluding hydrogens is 424 g/mol. The first kappa shape index (κ1) is 24.5. The topological polar surface area (TPSA) is 74.6 Å². The third-order valence-corrected chi connectivity index (χ3v) is 13.0. The van der Waals surface area contributed by atoms with Gasteiger partial charge >= 0.3 is 5.97 Å². The molecule has 9 atom stereocenters. The molecule has 0 aromatic carbocycles. The van der Waals surface area contributed by atoms with Crippen LogP contribution >= 0.6 is 0 Å². The summed E-state index contributed by atoms with van der Waals surface area (Å²) >= 11 is 0. The number of fused-ring (bicyclic) bond motifs is 7. The van der Waals surface area contributed by atoms with E-state index in [0.717, 1.165) is 64.1 Å². The Hall–Kier alpha value is -1.16. The molecule has 34 heavy (non-hydrogen) atoms. The van der Waals surface area contributed by atoms with E-state index in [2.05, 4.69) is 40.7 Å². The second kappa shape index (κ2) is 7.20. The van der Waals surface area contributed by atoms with Gasteiger partial charge in [0, 0.05) is 0 Å². The van der Waals surface area contributed by atoms with Crippen LogP contribution in [0.2, 0.25) is 0 Å². The minimum Gasteiger partial charge on any atom is -0.481 e. The van der Waals surface area contributed by atoms with Gasteiger partial charge in [0.2, 0.25) is 0 Å². The molecule has 0 heterocycles. The van der Waals surface area contributed by atoms with E-state index in [0.29, 0.717) is 12.3 Å². The van der Waals surface area contributed by atoms with Gasteiger partial charge in [-0.3, -0.25) is 4.79 Å². The first-order chi connectivity index (χ1) is 15.7. The number of carbonyl (C=O) groups excluding carboxylic acids is 1. The Bertz CT molecular complexity index is 936. The van der Waals surface area contributed by atoms with Gasteiger partial charge in [-0.2, -0.15) is 0 Å². The van der Waals surface area contributed by atoms with Crippen LogP contribution in [0.3, 0.4) is 0 Å². The van der Waals surface area contributed by atoms with Gasteiger partial charge in [-0.25, -0.2) is 0 Å². The van der Waals surface area contributed by atoms with E-state index in [1.807, 2.05) is 6.92 Å². The SMILES string of the molecule is CC1(C)CCC2(C(=O)O)CCC3(C)C(=CCC4C5(C)CCC(O)C(C)(C=O)C5CCC43C)C2C1. The third-order valence-electron chi connectivity index (χ3n) is 13.0. The molecule has 4 fully saturated rings. The molecule has 0 aliphatic heterocycles. The van der Waals surface area contributed by atoms with Crippen molar-refractivity contribution in [3.05, 3.63) is 11.6 Å². The van der Waals surface area contributed by atoms with Crippen LogP contribution in [0.4, 0.5) is 0 Å². The number of aliphatic hydroxyl groups is 1. The van der Waals surface area contributed by atoms with Crippen molar-refractivity contribution < 1.29 is 19.8 Å². The molecule has 0 spiro atoms. The Labute approximate surface area is 206 Å². The quantitative estimate of drug-likeness (QED) is 0.361. The molecule has 0 amide bonds. The van der Waals surface area contributed by atoms with E-state index in [-0.39, 0.29) is 33.5 Å². The molecule has 9 unspecified atom stereocenters. The highest BCUT2D eigenvalue weighted by atomic mass is 16.4. The molecule has 0 bridgehead atoms. The number of carboxylic acid groups (broad SMARTS) is 1. The lowest BCUT2D eigenvalue weighted by Crippen LogP contribution is -2.65. The molecule has 5 aliphatic rings.